The highest BCUT2D eigenvalue weighted by atomic mass is 19.1. The molecule has 0 radical (unpaired) electrons. The molecule has 0 aliphatic carbocycles. The Labute approximate surface area is 119 Å². The number of aliphatic hydroxyl groups excluding tert-OH is 1. The molecule has 21 heavy (non-hydrogen) atoms. The molecule has 0 spiro atoms. The molecule has 1 heterocycles. The van der Waals surface area contributed by atoms with Crippen LogP contribution < -0.4 is 11.1 Å². The number of hydrogen-bond acceptors (Lipinski definition) is 5. The van der Waals surface area contributed by atoms with Gasteiger partial charge in [-0.15, -0.1) is 0 Å². The summed E-state index contributed by atoms with van der Waals surface area (Å²) in [7, 11) is 0. The fraction of sp³-hybridized carbons (Fsp3) is 0.143. The van der Waals surface area contributed by atoms with Crippen molar-refractivity contribution in [2.75, 3.05) is 24.2 Å². The number of hydrogen-bond donors (Lipinski definition) is 3. The molecule has 7 heteroatoms. The first-order valence-corrected chi connectivity index (χ1v) is 6.04. The minimum absolute atomic E-state index is 0.0428. The predicted molar refractivity (Wildman–Crippen MR) is 74.4 cm³/mol. The van der Waals surface area contributed by atoms with E-state index in [1.54, 1.807) is 0 Å². The second-order valence-corrected chi connectivity index (χ2v) is 4.02. The number of rotatable bonds is 3. The Balaban J connectivity index is 2.22. The van der Waals surface area contributed by atoms with E-state index in [1.165, 1.54) is 12.4 Å². The van der Waals surface area contributed by atoms with Gasteiger partial charge in [-0.05, 0) is 12.1 Å². The molecule has 0 unspecified atom stereocenters. The summed E-state index contributed by atoms with van der Waals surface area (Å²) in [5, 5.41) is 11.4. The van der Waals surface area contributed by atoms with Crippen LogP contribution in [0.2, 0.25) is 0 Å². The lowest BCUT2D eigenvalue weighted by Gasteiger charge is -2.01. The fourth-order valence-electron chi connectivity index (χ4n) is 1.47. The monoisotopic (exact) mass is 290 g/mol. The van der Waals surface area contributed by atoms with Gasteiger partial charge < -0.3 is 16.2 Å². The minimum atomic E-state index is -0.885. The zero-order valence-electron chi connectivity index (χ0n) is 10.9. The quantitative estimate of drug-likeness (QED) is 0.583. The predicted octanol–water partition coefficient (Wildman–Crippen LogP) is 1.14. The Kier molecular flexibility index (Phi) is 4.64. The maximum absolute atomic E-state index is 13.6. The number of anilines is 2. The van der Waals surface area contributed by atoms with E-state index in [-0.39, 0.29) is 12.3 Å². The van der Waals surface area contributed by atoms with Crippen LogP contribution in [0.5, 0.6) is 0 Å². The molecule has 0 aliphatic heterocycles. The van der Waals surface area contributed by atoms with E-state index in [4.69, 9.17) is 10.8 Å². The average Bonchev–Trinajstić information content (AvgIpc) is 2.50. The van der Waals surface area contributed by atoms with E-state index in [2.05, 4.69) is 27.1 Å². The minimum Gasteiger partial charge on any atom is -0.396 e. The summed E-state index contributed by atoms with van der Waals surface area (Å²) in [6.45, 7) is 0.281. The van der Waals surface area contributed by atoms with Crippen LogP contribution in [0.1, 0.15) is 11.1 Å². The molecule has 1 aromatic carbocycles. The summed E-state index contributed by atoms with van der Waals surface area (Å²) in [6, 6.07) is 2.20. The number of aromatic nitrogens is 2. The lowest BCUT2D eigenvalue weighted by atomic mass is 10.1. The van der Waals surface area contributed by atoms with Gasteiger partial charge in [0.1, 0.15) is 5.82 Å². The van der Waals surface area contributed by atoms with Crippen molar-refractivity contribution in [1.82, 2.24) is 9.97 Å². The first-order valence-electron chi connectivity index (χ1n) is 6.04. The fourth-order valence-corrected chi connectivity index (χ4v) is 1.47. The summed E-state index contributed by atoms with van der Waals surface area (Å²) in [4.78, 5) is 7.89. The van der Waals surface area contributed by atoms with Crippen molar-refractivity contribution in [3.63, 3.8) is 0 Å². The van der Waals surface area contributed by atoms with Crippen LogP contribution in [0.15, 0.2) is 24.5 Å². The van der Waals surface area contributed by atoms with Crippen LogP contribution >= 0.6 is 0 Å². The van der Waals surface area contributed by atoms with E-state index < -0.39 is 17.2 Å². The van der Waals surface area contributed by atoms with Crippen molar-refractivity contribution in [1.29, 1.82) is 0 Å². The molecule has 1 aromatic heterocycles. The summed E-state index contributed by atoms with van der Waals surface area (Å²) in [5.74, 6) is 3.61. The van der Waals surface area contributed by atoms with Crippen LogP contribution in [-0.2, 0) is 0 Å². The van der Waals surface area contributed by atoms with E-state index in [0.717, 1.165) is 12.1 Å². The first-order chi connectivity index (χ1) is 10.1. The molecule has 0 saturated carbocycles. The van der Waals surface area contributed by atoms with Crippen LogP contribution in [0.25, 0.3) is 0 Å². The Bertz CT molecular complexity index is 693. The smallest absolute Gasteiger partial charge is 0.222 e. The number of nitrogens with two attached hydrogens (primary N) is 1. The van der Waals surface area contributed by atoms with Gasteiger partial charge in [-0.3, -0.25) is 0 Å². The van der Waals surface area contributed by atoms with Crippen molar-refractivity contribution in [3.8, 4) is 11.8 Å². The van der Waals surface area contributed by atoms with Gasteiger partial charge in [0.25, 0.3) is 0 Å². The van der Waals surface area contributed by atoms with Crippen molar-refractivity contribution in [2.45, 2.75) is 0 Å². The van der Waals surface area contributed by atoms with E-state index in [9.17, 15) is 8.78 Å². The van der Waals surface area contributed by atoms with Gasteiger partial charge in [0.05, 0.1) is 23.4 Å². The summed E-state index contributed by atoms with van der Waals surface area (Å²) >= 11 is 0. The molecule has 0 aliphatic rings. The number of halogens is 2. The Morgan fingerprint density at radius 2 is 1.90 bits per heavy atom. The maximum atomic E-state index is 13.6. The first kappa shape index (κ1) is 14.7. The zero-order chi connectivity index (χ0) is 15.2. The summed E-state index contributed by atoms with van der Waals surface area (Å²) in [5.41, 5.74) is 5.20. The number of nitrogen functional groups attached to an aromatic ring is 1. The van der Waals surface area contributed by atoms with Crippen LogP contribution in [0.3, 0.4) is 0 Å². The molecule has 108 valence electrons. The number of benzene rings is 1. The van der Waals surface area contributed by atoms with E-state index in [0.29, 0.717) is 18.1 Å². The molecule has 0 atom stereocenters. The highest BCUT2D eigenvalue weighted by molar-refractivity contribution is 5.51. The molecule has 4 N–H and O–H groups in total. The number of aliphatic hydroxyl groups is 1. The lowest BCUT2D eigenvalue weighted by Crippen LogP contribution is -2.08. The van der Waals surface area contributed by atoms with Crippen molar-refractivity contribution in [3.05, 3.63) is 47.3 Å². The Hall–Kier alpha value is -2.72. The summed E-state index contributed by atoms with van der Waals surface area (Å²) < 4.78 is 27.1. The third-order valence-corrected chi connectivity index (χ3v) is 2.50. The maximum Gasteiger partial charge on any atom is 0.222 e. The van der Waals surface area contributed by atoms with Crippen LogP contribution in [0, 0.1) is 23.5 Å². The topological polar surface area (TPSA) is 84.1 Å². The second kappa shape index (κ2) is 6.63. The number of nitrogens with zero attached hydrogens (tertiary/aromatic N) is 2. The van der Waals surface area contributed by atoms with Gasteiger partial charge in [0.2, 0.25) is 5.95 Å². The lowest BCUT2D eigenvalue weighted by molar-refractivity contribution is 0.311. The Morgan fingerprint density at radius 1 is 1.19 bits per heavy atom. The summed E-state index contributed by atoms with van der Waals surface area (Å²) in [6.07, 6.45) is 2.81. The van der Waals surface area contributed by atoms with Gasteiger partial charge in [-0.25, -0.2) is 18.7 Å². The molecule has 5 nitrogen and oxygen atoms in total. The van der Waals surface area contributed by atoms with Crippen LogP contribution in [0.4, 0.5) is 20.4 Å². The van der Waals surface area contributed by atoms with Gasteiger partial charge in [-0.1, -0.05) is 11.8 Å². The van der Waals surface area contributed by atoms with Crippen molar-refractivity contribution < 1.29 is 13.9 Å². The average molecular weight is 290 g/mol. The third-order valence-electron chi connectivity index (χ3n) is 2.50. The van der Waals surface area contributed by atoms with Crippen LogP contribution in [-0.4, -0.2) is 28.2 Å². The molecule has 0 saturated heterocycles. The second-order valence-electron chi connectivity index (χ2n) is 4.02. The molecule has 0 bridgehead atoms. The molecule has 0 fully saturated rings. The molecule has 2 aromatic rings. The highest BCUT2D eigenvalue weighted by Gasteiger charge is 2.09. The van der Waals surface area contributed by atoms with Gasteiger partial charge >= 0.3 is 0 Å². The molecular weight excluding hydrogens is 278 g/mol. The Morgan fingerprint density at radius 3 is 2.57 bits per heavy atom. The number of nitrogens with one attached hydrogen (secondary N) is 1. The van der Waals surface area contributed by atoms with E-state index >= 15 is 0 Å². The zero-order valence-corrected chi connectivity index (χ0v) is 10.9. The normalized spacial score (nSPS) is 9.86. The van der Waals surface area contributed by atoms with Gasteiger partial charge in [0, 0.05) is 18.9 Å². The molecular formula is C14H12F2N4O. The van der Waals surface area contributed by atoms with Gasteiger partial charge in [-0.2, -0.15) is 0 Å². The molecule has 2 rings (SSSR count). The third kappa shape index (κ3) is 3.64. The van der Waals surface area contributed by atoms with Gasteiger partial charge in [0.15, 0.2) is 5.82 Å². The van der Waals surface area contributed by atoms with Crippen molar-refractivity contribution in [2.24, 2.45) is 0 Å². The largest absolute Gasteiger partial charge is 0.396 e. The van der Waals surface area contributed by atoms with Crippen molar-refractivity contribution >= 4 is 11.6 Å². The van der Waals surface area contributed by atoms with E-state index in [1.807, 2.05) is 0 Å². The standard InChI is InChI=1S/C14H12F2N4O/c15-11-3-4-12(17)13(16)10(11)2-1-9-7-19-14(20-8-9)18-5-6-21/h3-4,7-8,21H,5-6,17H2,(H,18,19,20). The molecule has 0 amide bonds. The highest BCUT2D eigenvalue weighted by Crippen LogP contribution is 2.17. The SMILES string of the molecule is Nc1ccc(F)c(C#Cc2cnc(NCCO)nc2)c1F.